The van der Waals surface area contributed by atoms with E-state index in [0.717, 1.165) is 21.8 Å². The topological polar surface area (TPSA) is 68.1 Å². The van der Waals surface area contributed by atoms with Crippen molar-refractivity contribution in [2.24, 2.45) is 0 Å². The number of aromatic hydroxyl groups is 1. The molecule has 0 unspecified atom stereocenters. The fourth-order valence-corrected chi connectivity index (χ4v) is 3.69. The fraction of sp³-hybridized carbons (Fsp3) is 0.136. The SMILES string of the molecule is COc1ccc(-c2nc(-c3ccccc3)ncc2-c2csc(C)n2)c(O)c1C. The van der Waals surface area contributed by atoms with Crippen molar-refractivity contribution >= 4 is 11.3 Å². The number of hydrogen-bond donors (Lipinski definition) is 1. The first-order valence-electron chi connectivity index (χ1n) is 8.80. The van der Waals surface area contributed by atoms with Gasteiger partial charge < -0.3 is 9.84 Å². The van der Waals surface area contributed by atoms with Gasteiger partial charge in [-0.15, -0.1) is 11.3 Å². The molecular weight excluding hydrogens is 370 g/mol. The summed E-state index contributed by atoms with van der Waals surface area (Å²) in [4.78, 5) is 14.0. The van der Waals surface area contributed by atoms with Gasteiger partial charge >= 0.3 is 0 Å². The standard InChI is InChI=1S/C22H19N3O2S/c1-13-19(27-3)10-9-16(21(13)26)20-17(18-12-28-14(2)24-18)11-23-22(25-20)15-7-5-4-6-8-15/h4-12,26H,1-3H3. The third-order valence-electron chi connectivity index (χ3n) is 4.57. The minimum absolute atomic E-state index is 0.144. The van der Waals surface area contributed by atoms with Crippen molar-refractivity contribution in [1.29, 1.82) is 0 Å². The molecule has 1 N–H and O–H groups in total. The number of aryl methyl sites for hydroxylation is 1. The van der Waals surface area contributed by atoms with Crippen LogP contribution in [0.25, 0.3) is 33.9 Å². The van der Waals surface area contributed by atoms with Gasteiger partial charge in [-0.25, -0.2) is 15.0 Å². The van der Waals surface area contributed by atoms with Crippen molar-refractivity contribution in [3.05, 3.63) is 64.6 Å². The number of phenols is 1. The van der Waals surface area contributed by atoms with Crippen LogP contribution >= 0.6 is 11.3 Å². The van der Waals surface area contributed by atoms with E-state index in [9.17, 15) is 5.11 Å². The van der Waals surface area contributed by atoms with Gasteiger partial charge in [-0.1, -0.05) is 30.3 Å². The van der Waals surface area contributed by atoms with Crippen LogP contribution in [0.1, 0.15) is 10.6 Å². The van der Waals surface area contributed by atoms with Gasteiger partial charge in [0.2, 0.25) is 0 Å². The van der Waals surface area contributed by atoms with Gasteiger partial charge in [0.05, 0.1) is 23.5 Å². The lowest BCUT2D eigenvalue weighted by Crippen LogP contribution is -1.98. The lowest BCUT2D eigenvalue weighted by atomic mass is 10.0. The molecule has 0 atom stereocenters. The largest absolute Gasteiger partial charge is 0.507 e. The highest BCUT2D eigenvalue weighted by molar-refractivity contribution is 7.09. The molecule has 0 radical (unpaired) electrons. The monoisotopic (exact) mass is 389 g/mol. The first-order valence-corrected chi connectivity index (χ1v) is 9.68. The highest BCUT2D eigenvalue weighted by Gasteiger charge is 2.19. The maximum atomic E-state index is 10.8. The molecule has 28 heavy (non-hydrogen) atoms. The van der Waals surface area contributed by atoms with Crippen molar-refractivity contribution in [2.45, 2.75) is 13.8 Å². The molecule has 0 aliphatic carbocycles. The molecule has 0 aliphatic heterocycles. The van der Waals surface area contributed by atoms with Crippen LogP contribution in [-0.4, -0.2) is 27.2 Å². The molecule has 5 nitrogen and oxygen atoms in total. The number of phenolic OH excluding ortho intramolecular Hbond substituents is 1. The summed E-state index contributed by atoms with van der Waals surface area (Å²) in [6.45, 7) is 3.78. The minimum Gasteiger partial charge on any atom is -0.507 e. The summed E-state index contributed by atoms with van der Waals surface area (Å²) in [6, 6.07) is 13.4. The molecule has 2 heterocycles. The second kappa shape index (κ2) is 7.40. The van der Waals surface area contributed by atoms with Gasteiger partial charge in [-0.05, 0) is 26.0 Å². The van der Waals surface area contributed by atoms with Gasteiger partial charge in [-0.3, -0.25) is 0 Å². The molecule has 0 saturated carbocycles. The molecule has 2 aromatic carbocycles. The van der Waals surface area contributed by atoms with Crippen molar-refractivity contribution in [2.75, 3.05) is 7.11 Å². The molecule has 140 valence electrons. The average molecular weight is 389 g/mol. The molecule has 4 rings (SSSR count). The smallest absolute Gasteiger partial charge is 0.159 e. The van der Waals surface area contributed by atoms with E-state index in [2.05, 4.69) is 9.97 Å². The van der Waals surface area contributed by atoms with E-state index in [1.165, 1.54) is 0 Å². The summed E-state index contributed by atoms with van der Waals surface area (Å²) >= 11 is 1.57. The number of thiazole rings is 1. The Balaban J connectivity index is 1.96. The van der Waals surface area contributed by atoms with Gasteiger partial charge in [0.1, 0.15) is 11.5 Å². The van der Waals surface area contributed by atoms with Crippen LogP contribution in [0.4, 0.5) is 0 Å². The molecule has 2 aromatic heterocycles. The Morgan fingerprint density at radius 1 is 0.964 bits per heavy atom. The Hall–Kier alpha value is -3.25. The highest BCUT2D eigenvalue weighted by atomic mass is 32.1. The third kappa shape index (κ3) is 3.23. The van der Waals surface area contributed by atoms with Crippen molar-refractivity contribution in [3.63, 3.8) is 0 Å². The zero-order chi connectivity index (χ0) is 19.7. The van der Waals surface area contributed by atoms with E-state index in [4.69, 9.17) is 9.72 Å². The molecule has 0 fully saturated rings. The van der Waals surface area contributed by atoms with Crippen LogP contribution in [0.5, 0.6) is 11.5 Å². The Morgan fingerprint density at radius 3 is 2.43 bits per heavy atom. The predicted molar refractivity (Wildman–Crippen MR) is 112 cm³/mol. The first-order chi connectivity index (χ1) is 13.6. The van der Waals surface area contributed by atoms with Crippen LogP contribution in [0.2, 0.25) is 0 Å². The van der Waals surface area contributed by atoms with Crippen LogP contribution in [0.15, 0.2) is 54.0 Å². The Kier molecular flexibility index (Phi) is 4.79. The van der Waals surface area contributed by atoms with E-state index in [1.54, 1.807) is 24.6 Å². The maximum absolute atomic E-state index is 10.8. The number of hydrogen-bond acceptors (Lipinski definition) is 6. The molecule has 0 amide bonds. The van der Waals surface area contributed by atoms with Crippen LogP contribution < -0.4 is 4.74 Å². The predicted octanol–water partition coefficient (Wildman–Crippen LogP) is 5.27. The van der Waals surface area contributed by atoms with Crippen molar-refractivity contribution < 1.29 is 9.84 Å². The van der Waals surface area contributed by atoms with Crippen LogP contribution in [0.3, 0.4) is 0 Å². The zero-order valence-corrected chi connectivity index (χ0v) is 16.6. The Morgan fingerprint density at radius 2 is 1.75 bits per heavy atom. The van der Waals surface area contributed by atoms with E-state index >= 15 is 0 Å². The molecule has 0 spiro atoms. The summed E-state index contributed by atoms with van der Waals surface area (Å²) in [5.41, 5.74) is 4.42. The van der Waals surface area contributed by atoms with Gasteiger partial charge in [-0.2, -0.15) is 0 Å². The second-order valence-corrected chi connectivity index (χ2v) is 7.42. The first kappa shape index (κ1) is 18.1. The summed E-state index contributed by atoms with van der Waals surface area (Å²) in [7, 11) is 1.59. The third-order valence-corrected chi connectivity index (χ3v) is 5.35. The van der Waals surface area contributed by atoms with E-state index in [0.29, 0.717) is 28.4 Å². The summed E-state index contributed by atoms with van der Waals surface area (Å²) in [6.07, 6.45) is 1.78. The van der Waals surface area contributed by atoms with E-state index < -0.39 is 0 Å². The van der Waals surface area contributed by atoms with E-state index in [1.807, 2.05) is 61.7 Å². The number of nitrogens with zero attached hydrogens (tertiary/aromatic N) is 3. The fourth-order valence-electron chi connectivity index (χ4n) is 3.08. The Labute approximate surface area is 167 Å². The zero-order valence-electron chi connectivity index (χ0n) is 15.8. The average Bonchev–Trinajstić information content (AvgIpc) is 3.16. The van der Waals surface area contributed by atoms with Gasteiger partial charge in [0.25, 0.3) is 0 Å². The minimum atomic E-state index is 0.144. The number of methoxy groups -OCH3 is 1. The number of aromatic nitrogens is 3. The lowest BCUT2D eigenvalue weighted by molar-refractivity contribution is 0.403. The number of rotatable bonds is 4. The highest BCUT2D eigenvalue weighted by Crippen LogP contribution is 2.40. The Bertz CT molecular complexity index is 1140. The lowest BCUT2D eigenvalue weighted by Gasteiger charge is -2.14. The molecule has 0 saturated heterocycles. The maximum Gasteiger partial charge on any atom is 0.159 e. The van der Waals surface area contributed by atoms with Crippen LogP contribution in [-0.2, 0) is 0 Å². The molecule has 0 aliphatic rings. The normalized spacial score (nSPS) is 10.8. The summed E-state index contributed by atoms with van der Waals surface area (Å²) in [5.74, 6) is 1.37. The van der Waals surface area contributed by atoms with Crippen molar-refractivity contribution in [1.82, 2.24) is 15.0 Å². The number of benzene rings is 2. The quantitative estimate of drug-likeness (QED) is 0.515. The summed E-state index contributed by atoms with van der Waals surface area (Å²) < 4.78 is 5.32. The van der Waals surface area contributed by atoms with Crippen LogP contribution in [0, 0.1) is 13.8 Å². The second-order valence-electron chi connectivity index (χ2n) is 6.36. The molecule has 6 heteroatoms. The molecule has 0 bridgehead atoms. The van der Waals surface area contributed by atoms with Gasteiger partial charge in [0.15, 0.2) is 5.82 Å². The summed E-state index contributed by atoms with van der Waals surface area (Å²) in [5, 5.41) is 13.8. The van der Waals surface area contributed by atoms with Gasteiger partial charge in [0, 0.05) is 33.8 Å². The molecule has 4 aromatic rings. The molecular formula is C22H19N3O2S. The van der Waals surface area contributed by atoms with Crippen molar-refractivity contribution in [3.8, 4) is 45.4 Å². The number of ether oxygens (including phenoxy) is 1. The van der Waals surface area contributed by atoms with E-state index in [-0.39, 0.29) is 5.75 Å².